The van der Waals surface area contributed by atoms with E-state index in [-0.39, 0.29) is 0 Å². The van der Waals surface area contributed by atoms with E-state index in [4.69, 9.17) is 0 Å². The molecule has 0 bridgehead atoms. The van der Waals surface area contributed by atoms with Gasteiger partial charge in [-0.2, -0.15) is 0 Å². The van der Waals surface area contributed by atoms with Crippen molar-refractivity contribution < 1.29 is 0 Å². The fourth-order valence-corrected chi connectivity index (χ4v) is 1.98. The number of imidazole rings is 1. The third kappa shape index (κ3) is 1.90. The first kappa shape index (κ1) is 12.3. The molecule has 0 atom stereocenters. The molecule has 1 N–H and O–H groups in total. The first-order chi connectivity index (χ1) is 8.56. The molecular formula is C12H16N4O2. The first-order valence-electron chi connectivity index (χ1n) is 5.81. The van der Waals surface area contributed by atoms with Gasteiger partial charge in [0.1, 0.15) is 5.82 Å². The molecule has 0 spiro atoms. The fourth-order valence-electron chi connectivity index (χ4n) is 1.98. The van der Waals surface area contributed by atoms with Crippen LogP contribution in [0.1, 0.15) is 18.7 Å². The van der Waals surface area contributed by atoms with Crippen LogP contribution in [0.15, 0.2) is 22.2 Å². The zero-order chi connectivity index (χ0) is 13.3. The van der Waals surface area contributed by atoms with Gasteiger partial charge in [0.15, 0.2) is 11.2 Å². The van der Waals surface area contributed by atoms with Crippen LogP contribution in [-0.2, 0) is 20.5 Å². The van der Waals surface area contributed by atoms with Crippen molar-refractivity contribution in [2.75, 3.05) is 0 Å². The highest BCUT2D eigenvalue weighted by Gasteiger charge is 2.13. The molecule has 0 aliphatic rings. The van der Waals surface area contributed by atoms with E-state index < -0.39 is 11.2 Å². The molecule has 0 aliphatic carbocycles. The van der Waals surface area contributed by atoms with Crippen LogP contribution in [0, 0.1) is 0 Å². The van der Waals surface area contributed by atoms with Crippen LogP contribution in [0.2, 0.25) is 0 Å². The van der Waals surface area contributed by atoms with Gasteiger partial charge in [-0.25, -0.2) is 9.78 Å². The summed E-state index contributed by atoms with van der Waals surface area (Å²) >= 11 is 0. The standard InChI is InChI=1S/C12H16N4O2/c1-4-5-6-7-8-13-10-9(15(8)2)11(17)14-12(18)16(10)3/h4H,1,5-7H2,2-3H3,(H,14,17,18). The average Bonchev–Trinajstić information content (AvgIpc) is 2.65. The number of hydrogen-bond donors (Lipinski definition) is 1. The first-order valence-corrected chi connectivity index (χ1v) is 5.81. The van der Waals surface area contributed by atoms with Crippen LogP contribution in [0.4, 0.5) is 0 Å². The lowest BCUT2D eigenvalue weighted by Crippen LogP contribution is -2.29. The maximum absolute atomic E-state index is 11.8. The molecule has 2 aromatic heterocycles. The molecule has 0 radical (unpaired) electrons. The monoisotopic (exact) mass is 248 g/mol. The lowest BCUT2D eigenvalue weighted by Gasteiger charge is -2.00. The molecule has 0 aliphatic heterocycles. The average molecular weight is 248 g/mol. The van der Waals surface area contributed by atoms with Gasteiger partial charge in [0.25, 0.3) is 5.56 Å². The molecule has 0 aromatic carbocycles. The summed E-state index contributed by atoms with van der Waals surface area (Å²) in [6, 6.07) is 0. The smallest absolute Gasteiger partial charge is 0.325 e. The maximum Gasteiger partial charge on any atom is 0.329 e. The Kier molecular flexibility index (Phi) is 3.18. The predicted octanol–water partition coefficient (Wildman–Crippen LogP) is 0.469. The summed E-state index contributed by atoms with van der Waals surface area (Å²) < 4.78 is 3.10. The number of aryl methyl sites for hydroxylation is 3. The largest absolute Gasteiger partial charge is 0.329 e. The van der Waals surface area contributed by atoms with E-state index >= 15 is 0 Å². The van der Waals surface area contributed by atoms with E-state index in [0.717, 1.165) is 25.1 Å². The minimum Gasteiger partial charge on any atom is -0.325 e. The molecule has 6 nitrogen and oxygen atoms in total. The van der Waals surface area contributed by atoms with Crippen LogP contribution in [0.3, 0.4) is 0 Å². The van der Waals surface area contributed by atoms with E-state index in [9.17, 15) is 9.59 Å². The molecule has 96 valence electrons. The summed E-state index contributed by atoms with van der Waals surface area (Å²) in [6.45, 7) is 3.67. The van der Waals surface area contributed by atoms with Gasteiger partial charge in [-0.15, -0.1) is 6.58 Å². The number of fused-ring (bicyclic) bond motifs is 1. The summed E-state index contributed by atoms with van der Waals surface area (Å²) in [4.78, 5) is 29.9. The Labute approximate surface area is 104 Å². The quantitative estimate of drug-likeness (QED) is 0.631. The third-order valence-corrected chi connectivity index (χ3v) is 3.04. The van der Waals surface area contributed by atoms with Crippen molar-refractivity contribution in [1.82, 2.24) is 19.1 Å². The van der Waals surface area contributed by atoms with Gasteiger partial charge < -0.3 is 4.57 Å². The second kappa shape index (κ2) is 4.64. The Bertz CT molecular complexity index is 705. The molecule has 6 heteroatoms. The molecule has 0 amide bonds. The molecule has 2 aromatic rings. The van der Waals surface area contributed by atoms with Gasteiger partial charge in [0.2, 0.25) is 0 Å². The summed E-state index contributed by atoms with van der Waals surface area (Å²) in [5.41, 5.74) is 0.0341. The SMILES string of the molecule is C=CCCCc1nc2c(c(=O)[nH]c(=O)n2C)n1C. The third-order valence-electron chi connectivity index (χ3n) is 3.04. The van der Waals surface area contributed by atoms with E-state index in [1.165, 1.54) is 4.57 Å². The molecule has 2 rings (SSSR count). The van der Waals surface area contributed by atoms with Gasteiger partial charge in [-0.1, -0.05) is 6.08 Å². The zero-order valence-corrected chi connectivity index (χ0v) is 10.6. The zero-order valence-electron chi connectivity index (χ0n) is 10.6. The number of rotatable bonds is 4. The van der Waals surface area contributed by atoms with Crippen molar-refractivity contribution >= 4 is 11.2 Å². The second-order valence-corrected chi connectivity index (χ2v) is 4.26. The van der Waals surface area contributed by atoms with E-state index in [1.54, 1.807) is 18.7 Å². The number of hydrogen-bond acceptors (Lipinski definition) is 3. The number of nitrogens with zero attached hydrogens (tertiary/aromatic N) is 3. The van der Waals surface area contributed by atoms with E-state index in [1.807, 2.05) is 6.08 Å². The number of allylic oxidation sites excluding steroid dienone is 1. The Morgan fingerprint density at radius 3 is 2.72 bits per heavy atom. The number of unbranched alkanes of at least 4 members (excludes halogenated alkanes) is 1. The Balaban J connectivity index is 2.59. The minimum absolute atomic E-state index is 0.391. The van der Waals surface area contributed by atoms with Crippen molar-refractivity contribution in [2.24, 2.45) is 14.1 Å². The van der Waals surface area contributed by atoms with Crippen molar-refractivity contribution in [1.29, 1.82) is 0 Å². The topological polar surface area (TPSA) is 72.7 Å². The van der Waals surface area contributed by atoms with Crippen LogP contribution in [-0.4, -0.2) is 19.1 Å². The van der Waals surface area contributed by atoms with Crippen LogP contribution in [0.5, 0.6) is 0 Å². The summed E-state index contributed by atoms with van der Waals surface area (Å²) in [5, 5.41) is 0. The Morgan fingerprint density at radius 1 is 1.33 bits per heavy atom. The highest BCUT2D eigenvalue weighted by atomic mass is 16.2. The summed E-state index contributed by atoms with van der Waals surface area (Å²) in [7, 11) is 3.39. The molecule has 0 saturated carbocycles. The Hall–Kier alpha value is -2.11. The van der Waals surface area contributed by atoms with Crippen LogP contribution < -0.4 is 11.2 Å². The Morgan fingerprint density at radius 2 is 2.06 bits per heavy atom. The maximum atomic E-state index is 11.8. The molecule has 0 fully saturated rings. The molecule has 2 heterocycles. The highest BCUT2D eigenvalue weighted by Crippen LogP contribution is 2.10. The van der Waals surface area contributed by atoms with Crippen molar-refractivity contribution in [3.05, 3.63) is 39.3 Å². The van der Waals surface area contributed by atoms with Gasteiger partial charge in [-0.3, -0.25) is 14.3 Å². The van der Waals surface area contributed by atoms with Crippen molar-refractivity contribution in [3.63, 3.8) is 0 Å². The van der Waals surface area contributed by atoms with Crippen LogP contribution in [0.25, 0.3) is 11.2 Å². The normalized spacial score (nSPS) is 11.0. The molecule has 18 heavy (non-hydrogen) atoms. The van der Waals surface area contributed by atoms with Gasteiger partial charge in [0, 0.05) is 20.5 Å². The van der Waals surface area contributed by atoms with Gasteiger partial charge >= 0.3 is 5.69 Å². The van der Waals surface area contributed by atoms with Crippen molar-refractivity contribution in [2.45, 2.75) is 19.3 Å². The molecule has 0 unspecified atom stereocenters. The van der Waals surface area contributed by atoms with Crippen molar-refractivity contribution in [3.8, 4) is 0 Å². The number of aromatic nitrogens is 4. The van der Waals surface area contributed by atoms with E-state index in [2.05, 4.69) is 16.5 Å². The van der Waals surface area contributed by atoms with Gasteiger partial charge in [0.05, 0.1) is 0 Å². The number of nitrogens with one attached hydrogen (secondary N) is 1. The summed E-state index contributed by atoms with van der Waals surface area (Å²) in [5.74, 6) is 0.804. The molecular weight excluding hydrogens is 232 g/mol. The molecule has 0 saturated heterocycles. The van der Waals surface area contributed by atoms with Gasteiger partial charge in [-0.05, 0) is 12.8 Å². The highest BCUT2D eigenvalue weighted by molar-refractivity contribution is 5.70. The fraction of sp³-hybridized carbons (Fsp3) is 0.417. The second-order valence-electron chi connectivity index (χ2n) is 4.26. The van der Waals surface area contributed by atoms with Crippen LogP contribution >= 0.6 is 0 Å². The minimum atomic E-state index is -0.441. The van der Waals surface area contributed by atoms with E-state index in [0.29, 0.717) is 11.2 Å². The summed E-state index contributed by atoms with van der Waals surface area (Å²) in [6.07, 6.45) is 4.43. The lowest BCUT2D eigenvalue weighted by atomic mass is 10.2. The number of aromatic amines is 1. The predicted molar refractivity (Wildman–Crippen MR) is 69.7 cm³/mol. The lowest BCUT2D eigenvalue weighted by molar-refractivity contribution is 0.741. The number of H-pyrrole nitrogens is 1.